The van der Waals surface area contributed by atoms with Gasteiger partial charge in [-0.05, 0) is 107 Å². The van der Waals surface area contributed by atoms with Crippen LogP contribution in [-0.2, 0) is 28.2 Å². The summed E-state index contributed by atoms with van der Waals surface area (Å²) in [5, 5.41) is 6.12. The van der Waals surface area contributed by atoms with Crippen molar-refractivity contribution in [1.82, 2.24) is 19.9 Å². The third-order valence-electron chi connectivity index (χ3n) is 12.6. The van der Waals surface area contributed by atoms with Gasteiger partial charge in [0.25, 0.3) is 11.8 Å². The molecule has 2 aliphatic rings. The molecule has 9 heterocycles. The lowest BCUT2D eigenvalue weighted by molar-refractivity contribution is -0.671. The van der Waals surface area contributed by atoms with Crippen LogP contribution in [0.1, 0.15) is 43.5 Å². The van der Waals surface area contributed by atoms with Gasteiger partial charge in [-0.1, -0.05) is 24.3 Å². The first-order valence-corrected chi connectivity index (χ1v) is 22.9. The molecule has 0 saturated heterocycles. The van der Waals surface area contributed by atoms with Crippen molar-refractivity contribution in [1.29, 1.82) is 0 Å². The van der Waals surface area contributed by atoms with Crippen LogP contribution in [0.4, 0.5) is 11.4 Å². The molecule has 2 amide bonds. The molecule has 0 aliphatic carbocycles. The summed E-state index contributed by atoms with van der Waals surface area (Å²) in [5.74, 6) is -0.378. The molecule has 2 aromatic carbocycles. The van der Waals surface area contributed by atoms with Gasteiger partial charge in [0, 0.05) is 92.1 Å². The van der Waals surface area contributed by atoms with Crippen molar-refractivity contribution in [3.05, 3.63) is 205 Å². The Morgan fingerprint density at radius 1 is 0.386 bits per heavy atom. The maximum Gasteiger partial charge on any atom is 0.261 e. The summed E-state index contributed by atoms with van der Waals surface area (Å²) in [5.41, 5.74) is 16.6. The zero-order chi connectivity index (χ0) is 47.9. The highest BCUT2D eigenvalue weighted by Crippen LogP contribution is 2.38. The number of rotatable bonds is 8. The Morgan fingerprint density at radius 3 is 1.01 bits per heavy atom. The van der Waals surface area contributed by atoms with Gasteiger partial charge >= 0.3 is 0 Å². The third kappa shape index (κ3) is 8.57. The summed E-state index contributed by atoms with van der Waals surface area (Å²) >= 11 is 0. The van der Waals surface area contributed by atoms with Crippen LogP contribution in [0.5, 0.6) is 0 Å². The maximum absolute atomic E-state index is 13.3. The maximum atomic E-state index is 13.3. The molecule has 0 fully saturated rings. The average Bonchev–Trinajstić information content (AvgIpc) is 4.22. The molecule has 0 unspecified atom stereocenters. The van der Waals surface area contributed by atoms with Crippen LogP contribution in [0.2, 0.25) is 0 Å². The van der Waals surface area contributed by atoms with Crippen LogP contribution in [0, 0.1) is 0 Å². The molecule has 7 aromatic heterocycles. The van der Waals surface area contributed by atoms with E-state index in [4.69, 9.17) is 9.97 Å². The molecule has 12 nitrogen and oxygen atoms in total. The number of benzene rings is 2. The minimum absolute atomic E-state index is 0.189. The van der Waals surface area contributed by atoms with Crippen molar-refractivity contribution in [3.63, 3.8) is 0 Å². The van der Waals surface area contributed by atoms with Gasteiger partial charge in [-0.25, -0.2) is 28.2 Å². The van der Waals surface area contributed by atoms with Gasteiger partial charge in [-0.3, -0.25) is 9.59 Å². The molecule has 2 aliphatic heterocycles. The lowest BCUT2D eigenvalue weighted by Crippen LogP contribution is -2.28. The van der Waals surface area contributed by atoms with Crippen LogP contribution in [-0.4, -0.2) is 31.8 Å². The first-order chi connectivity index (χ1) is 34.1. The van der Waals surface area contributed by atoms with E-state index >= 15 is 0 Å². The molecule has 338 valence electrons. The van der Waals surface area contributed by atoms with Gasteiger partial charge in [0.2, 0.25) is 0 Å². The van der Waals surface area contributed by atoms with Crippen molar-refractivity contribution in [2.75, 3.05) is 10.6 Å². The molecule has 0 saturated carbocycles. The second-order valence-corrected chi connectivity index (χ2v) is 17.6. The largest absolute Gasteiger partial charge is 0.354 e. The molecule has 70 heavy (non-hydrogen) atoms. The predicted molar refractivity (Wildman–Crippen MR) is 274 cm³/mol. The van der Waals surface area contributed by atoms with Crippen molar-refractivity contribution in [2.45, 2.75) is 0 Å². The molecule has 8 bridgehead atoms. The fourth-order valence-electron chi connectivity index (χ4n) is 9.05. The summed E-state index contributed by atoms with van der Waals surface area (Å²) in [4.78, 5) is 45.0. The number of fused-ring (bicyclic) bond motifs is 8. The SMILES string of the molecule is C[n+]1ccc(-c2c3nc(c(-c4ccc(NC(=O)c5ccc[n+](C)c5)cc4)c4ccc([nH]4)c(-c4cc[n+](C)cc4)c4nc(c(-c5ccc(NC(=O)c6ccc[n+](C)c6)cc5)c5ccc2[nH]5)C=C4)C=C3)cc1. The highest BCUT2D eigenvalue weighted by Gasteiger charge is 2.21. The quantitative estimate of drug-likeness (QED) is 0.113. The van der Waals surface area contributed by atoms with E-state index in [1.807, 2.05) is 144 Å². The van der Waals surface area contributed by atoms with E-state index in [9.17, 15) is 9.59 Å². The summed E-state index contributed by atoms with van der Waals surface area (Å²) < 4.78 is 7.74. The zero-order valence-electron chi connectivity index (χ0n) is 39.0. The van der Waals surface area contributed by atoms with Gasteiger partial charge in [0.05, 0.1) is 22.8 Å². The van der Waals surface area contributed by atoms with E-state index in [0.29, 0.717) is 22.5 Å². The van der Waals surface area contributed by atoms with Crippen LogP contribution in [0.3, 0.4) is 0 Å². The highest BCUT2D eigenvalue weighted by molar-refractivity contribution is 6.05. The number of aromatic nitrogens is 8. The Bertz CT molecular complexity index is 3520. The number of carbonyl (C=O) groups is 2. The molecule has 0 spiro atoms. The Balaban J connectivity index is 1.13. The normalized spacial score (nSPS) is 11.7. The van der Waals surface area contributed by atoms with E-state index in [-0.39, 0.29) is 11.8 Å². The van der Waals surface area contributed by atoms with Gasteiger partial charge in [-0.15, -0.1) is 0 Å². The molecule has 4 N–H and O–H groups in total. The number of carbonyl (C=O) groups excluding carboxylic acids is 2. The first-order valence-electron chi connectivity index (χ1n) is 22.9. The summed E-state index contributed by atoms with van der Waals surface area (Å²) in [6, 6.07) is 39.9. The highest BCUT2D eigenvalue weighted by atomic mass is 16.2. The number of H-pyrrole nitrogens is 2. The number of hydrogen-bond donors (Lipinski definition) is 4. The lowest BCUT2D eigenvalue weighted by Gasteiger charge is -2.09. The number of nitrogens with zero attached hydrogens (tertiary/aromatic N) is 6. The van der Waals surface area contributed by atoms with Crippen molar-refractivity contribution in [2.24, 2.45) is 28.2 Å². The lowest BCUT2D eigenvalue weighted by atomic mass is 10.0. The predicted octanol–water partition coefficient (Wildman–Crippen LogP) is 9.13. The van der Waals surface area contributed by atoms with Crippen molar-refractivity contribution in [3.8, 4) is 44.5 Å². The molecule has 11 rings (SSSR count). The molecular weight excluding hydrogens is 869 g/mol. The Morgan fingerprint density at radius 2 is 0.700 bits per heavy atom. The number of pyridine rings is 4. The van der Waals surface area contributed by atoms with Crippen LogP contribution in [0.15, 0.2) is 171 Å². The summed E-state index contributed by atoms with van der Waals surface area (Å²) in [7, 11) is 7.80. The van der Waals surface area contributed by atoms with E-state index in [1.165, 1.54) is 0 Å². The average molecular weight is 917 g/mol. The van der Waals surface area contributed by atoms with Crippen molar-refractivity contribution < 1.29 is 27.9 Å². The fourth-order valence-corrected chi connectivity index (χ4v) is 9.05. The van der Waals surface area contributed by atoms with E-state index in [2.05, 4.69) is 93.4 Å². The van der Waals surface area contributed by atoms with Gasteiger partial charge < -0.3 is 20.6 Å². The molecule has 0 radical (unpaired) electrons. The number of aromatic amines is 2. The number of hydrogen-bond acceptors (Lipinski definition) is 4. The van der Waals surface area contributed by atoms with E-state index in [1.54, 1.807) is 24.5 Å². The van der Waals surface area contributed by atoms with Crippen LogP contribution >= 0.6 is 0 Å². The Labute approximate surface area is 403 Å². The van der Waals surface area contributed by atoms with Crippen LogP contribution < -0.4 is 28.9 Å². The first kappa shape index (κ1) is 43.2. The Hall–Kier alpha value is -9.42. The second-order valence-electron chi connectivity index (χ2n) is 17.6. The molecule has 0 atom stereocenters. The monoisotopic (exact) mass is 916 g/mol. The molecule has 9 aromatic rings. The minimum atomic E-state index is -0.189. The van der Waals surface area contributed by atoms with E-state index in [0.717, 1.165) is 89.4 Å². The number of amides is 2. The smallest absolute Gasteiger partial charge is 0.261 e. The molecule has 12 heteroatoms. The Kier molecular flexibility index (Phi) is 11.1. The van der Waals surface area contributed by atoms with Gasteiger partial charge in [0.15, 0.2) is 49.6 Å². The van der Waals surface area contributed by atoms with Crippen LogP contribution in [0.25, 0.3) is 90.9 Å². The van der Waals surface area contributed by atoms with E-state index < -0.39 is 0 Å². The number of nitrogens with one attached hydrogen (secondary N) is 4. The van der Waals surface area contributed by atoms with Gasteiger partial charge in [-0.2, -0.15) is 0 Å². The van der Waals surface area contributed by atoms with Crippen molar-refractivity contribution >= 4 is 69.6 Å². The minimum Gasteiger partial charge on any atom is -0.354 e. The van der Waals surface area contributed by atoms with Gasteiger partial charge in [0.1, 0.15) is 39.3 Å². The molecular formula is C58H48N10O2+4. The second kappa shape index (κ2) is 18.0. The number of aryl methyl sites for hydroxylation is 4. The standard InChI is InChI=1S/C58H45N10O2/c1-65-31-25-39(26-32-65)55-49-21-17-45(61-49)53(37-9-13-43(14-10-37)59-57(69)41-7-5-29-67(3)35-41)47-19-23-51(63-47)56(40-27-33-66(2)34-28-40)52-24-20-48(64-52)54(46-18-22-50(55)62-46)38-11-15-44(16-12-38)60-58(70)42-8-6-30-68(4)36-42/h5-36H,1-4H3,(H-2,59,60,61,62,63,64,69,70)/q+1/p+3. The topological polar surface area (TPSA) is 131 Å². The zero-order valence-corrected chi connectivity index (χ0v) is 39.0. The summed E-state index contributed by atoms with van der Waals surface area (Å²) in [6.07, 6.45) is 23.8. The fraction of sp³-hybridized carbons (Fsp3) is 0.0690. The third-order valence-corrected chi connectivity index (χ3v) is 12.6. The summed E-state index contributed by atoms with van der Waals surface area (Å²) in [6.45, 7) is 0. The number of anilines is 2.